The van der Waals surface area contributed by atoms with Crippen molar-refractivity contribution < 1.29 is 18.0 Å². The zero-order chi connectivity index (χ0) is 28.4. The van der Waals surface area contributed by atoms with Crippen molar-refractivity contribution >= 4 is 27.5 Å². The zero-order valence-corrected chi connectivity index (χ0v) is 24.1. The number of hydrogen-bond acceptors (Lipinski definition) is 4. The Hall–Kier alpha value is -3.65. The number of hydrogen-bond donors (Lipinski definition) is 1. The summed E-state index contributed by atoms with van der Waals surface area (Å²) in [5.41, 5.74) is 3.36. The van der Waals surface area contributed by atoms with Crippen LogP contribution in [0.25, 0.3) is 0 Å². The van der Waals surface area contributed by atoms with E-state index in [0.717, 1.165) is 33.8 Å². The van der Waals surface area contributed by atoms with Crippen molar-refractivity contribution in [3.05, 3.63) is 95.6 Å². The summed E-state index contributed by atoms with van der Waals surface area (Å²) in [5.74, 6) is -0.699. The van der Waals surface area contributed by atoms with Crippen LogP contribution < -0.4 is 9.62 Å². The van der Waals surface area contributed by atoms with Crippen LogP contribution in [0.5, 0.6) is 0 Å². The topological polar surface area (TPSA) is 86.8 Å². The van der Waals surface area contributed by atoms with E-state index in [1.807, 2.05) is 57.2 Å². The Kier molecular flexibility index (Phi) is 10.7. The van der Waals surface area contributed by atoms with Gasteiger partial charge in [-0.15, -0.1) is 0 Å². The standard InChI is InChI=1S/C31H39N3O4S/c1-5-6-20-32-31(36)26(4)33(21-19-27-13-9-7-10-14-27)30(35)23-34(28-18-17-24(2)25(3)22-28)39(37,38)29-15-11-8-12-16-29/h7-18,22,26H,5-6,19-21,23H2,1-4H3,(H,32,36). The molecule has 3 aromatic carbocycles. The van der Waals surface area contributed by atoms with E-state index < -0.39 is 28.5 Å². The summed E-state index contributed by atoms with van der Waals surface area (Å²) in [7, 11) is -4.06. The molecule has 1 N–H and O–H groups in total. The Morgan fingerprint density at radius 3 is 2.15 bits per heavy atom. The lowest BCUT2D eigenvalue weighted by Gasteiger charge is -2.32. The minimum atomic E-state index is -4.06. The van der Waals surface area contributed by atoms with Gasteiger partial charge in [-0.3, -0.25) is 13.9 Å². The molecule has 0 aliphatic heterocycles. The van der Waals surface area contributed by atoms with Crippen LogP contribution in [0.4, 0.5) is 5.69 Å². The predicted octanol–water partition coefficient (Wildman–Crippen LogP) is 4.87. The van der Waals surface area contributed by atoms with E-state index in [0.29, 0.717) is 18.7 Å². The fourth-order valence-electron chi connectivity index (χ4n) is 4.24. The summed E-state index contributed by atoms with van der Waals surface area (Å²) in [6.07, 6.45) is 2.31. The molecule has 0 bridgehead atoms. The van der Waals surface area contributed by atoms with E-state index in [2.05, 4.69) is 5.32 Å². The molecular formula is C31H39N3O4S. The first-order valence-corrected chi connectivity index (χ1v) is 14.8. The van der Waals surface area contributed by atoms with Crippen LogP contribution in [0.1, 0.15) is 43.4 Å². The number of nitrogens with one attached hydrogen (secondary N) is 1. The van der Waals surface area contributed by atoms with Crippen molar-refractivity contribution in [1.82, 2.24) is 10.2 Å². The number of carbonyl (C=O) groups is 2. The monoisotopic (exact) mass is 549 g/mol. The highest BCUT2D eigenvalue weighted by Crippen LogP contribution is 2.26. The molecule has 0 aliphatic rings. The van der Waals surface area contributed by atoms with Crippen LogP contribution in [0.2, 0.25) is 0 Å². The lowest BCUT2D eigenvalue weighted by molar-refractivity contribution is -0.138. The molecule has 0 saturated carbocycles. The second-order valence-corrected chi connectivity index (χ2v) is 11.6. The Morgan fingerprint density at radius 1 is 0.897 bits per heavy atom. The third-order valence-electron chi connectivity index (χ3n) is 6.87. The summed E-state index contributed by atoms with van der Waals surface area (Å²) >= 11 is 0. The van der Waals surface area contributed by atoms with Crippen LogP contribution in [-0.4, -0.2) is 50.8 Å². The molecule has 0 radical (unpaired) electrons. The number of sulfonamides is 1. The maximum absolute atomic E-state index is 13.9. The first kappa shape index (κ1) is 29.9. The smallest absolute Gasteiger partial charge is 0.264 e. The Balaban J connectivity index is 1.96. The van der Waals surface area contributed by atoms with E-state index in [1.165, 1.54) is 17.0 Å². The maximum atomic E-state index is 13.9. The van der Waals surface area contributed by atoms with Gasteiger partial charge in [-0.1, -0.05) is 67.9 Å². The number of carbonyl (C=O) groups excluding carboxylic acids is 2. The summed E-state index contributed by atoms with van der Waals surface area (Å²) in [6.45, 7) is 7.96. The number of aryl methyl sites for hydroxylation is 2. The number of anilines is 1. The number of benzene rings is 3. The first-order chi connectivity index (χ1) is 18.6. The third kappa shape index (κ3) is 7.93. The van der Waals surface area contributed by atoms with Crippen molar-refractivity contribution in [2.24, 2.45) is 0 Å². The average molecular weight is 550 g/mol. The van der Waals surface area contributed by atoms with Crippen molar-refractivity contribution in [3.63, 3.8) is 0 Å². The van der Waals surface area contributed by atoms with Gasteiger partial charge in [-0.2, -0.15) is 0 Å². The number of rotatable bonds is 13. The highest BCUT2D eigenvalue weighted by Gasteiger charge is 2.32. The number of nitrogens with zero attached hydrogens (tertiary/aromatic N) is 2. The highest BCUT2D eigenvalue weighted by atomic mass is 32.2. The molecule has 39 heavy (non-hydrogen) atoms. The van der Waals surface area contributed by atoms with Gasteiger partial charge in [0, 0.05) is 13.1 Å². The van der Waals surface area contributed by atoms with Crippen molar-refractivity contribution in [2.75, 3.05) is 23.9 Å². The molecule has 7 nitrogen and oxygen atoms in total. The fraction of sp³-hybridized carbons (Fsp3) is 0.355. The summed E-state index contributed by atoms with van der Waals surface area (Å²) in [4.78, 5) is 28.5. The number of amides is 2. The van der Waals surface area contributed by atoms with Gasteiger partial charge in [-0.05, 0) is 74.6 Å². The largest absolute Gasteiger partial charge is 0.354 e. The zero-order valence-electron chi connectivity index (χ0n) is 23.3. The average Bonchev–Trinajstić information content (AvgIpc) is 2.94. The lowest BCUT2D eigenvalue weighted by Crippen LogP contribution is -2.52. The molecule has 0 aliphatic carbocycles. The van der Waals surface area contributed by atoms with Crippen LogP contribution in [0, 0.1) is 13.8 Å². The first-order valence-electron chi connectivity index (χ1n) is 13.4. The van der Waals surface area contributed by atoms with E-state index in [9.17, 15) is 18.0 Å². The minimum absolute atomic E-state index is 0.0946. The van der Waals surface area contributed by atoms with Gasteiger partial charge in [-0.25, -0.2) is 8.42 Å². The second kappa shape index (κ2) is 13.9. The predicted molar refractivity (Wildman–Crippen MR) is 156 cm³/mol. The molecule has 208 valence electrons. The van der Waals surface area contributed by atoms with Crippen molar-refractivity contribution in [3.8, 4) is 0 Å². The molecular weight excluding hydrogens is 510 g/mol. The van der Waals surface area contributed by atoms with Crippen LogP contribution >= 0.6 is 0 Å². The van der Waals surface area contributed by atoms with E-state index in [4.69, 9.17) is 0 Å². The molecule has 3 aromatic rings. The molecule has 8 heteroatoms. The molecule has 0 saturated heterocycles. The summed E-state index contributed by atoms with van der Waals surface area (Å²) in [5, 5.41) is 2.91. The molecule has 3 rings (SSSR count). The second-order valence-electron chi connectivity index (χ2n) is 9.74. The maximum Gasteiger partial charge on any atom is 0.264 e. The Labute approximate surface area is 232 Å². The lowest BCUT2D eigenvalue weighted by atomic mass is 10.1. The van der Waals surface area contributed by atoms with Gasteiger partial charge < -0.3 is 10.2 Å². The van der Waals surface area contributed by atoms with Gasteiger partial charge in [0.15, 0.2) is 0 Å². The van der Waals surface area contributed by atoms with Crippen molar-refractivity contribution in [2.45, 2.75) is 57.9 Å². The van der Waals surface area contributed by atoms with Gasteiger partial charge in [0.1, 0.15) is 12.6 Å². The summed E-state index contributed by atoms with van der Waals surface area (Å²) in [6, 6.07) is 22.4. The number of unbranched alkanes of at least 4 members (excludes halogenated alkanes) is 1. The third-order valence-corrected chi connectivity index (χ3v) is 8.66. The van der Waals surface area contributed by atoms with E-state index in [1.54, 1.807) is 37.3 Å². The van der Waals surface area contributed by atoms with Crippen LogP contribution in [0.15, 0.2) is 83.8 Å². The quantitative estimate of drug-likeness (QED) is 0.308. The molecule has 0 aromatic heterocycles. The summed E-state index contributed by atoms with van der Waals surface area (Å²) < 4.78 is 28.8. The van der Waals surface area contributed by atoms with Crippen LogP contribution in [0.3, 0.4) is 0 Å². The van der Waals surface area contributed by atoms with E-state index >= 15 is 0 Å². The SMILES string of the molecule is CCCCNC(=O)C(C)N(CCc1ccccc1)C(=O)CN(c1ccc(C)c(C)c1)S(=O)(=O)c1ccccc1. The normalized spacial score (nSPS) is 12.0. The van der Waals surface area contributed by atoms with Gasteiger partial charge >= 0.3 is 0 Å². The van der Waals surface area contributed by atoms with Gasteiger partial charge in [0.05, 0.1) is 10.6 Å². The van der Waals surface area contributed by atoms with Gasteiger partial charge in [0.25, 0.3) is 10.0 Å². The minimum Gasteiger partial charge on any atom is -0.354 e. The van der Waals surface area contributed by atoms with E-state index in [-0.39, 0.29) is 17.3 Å². The fourth-order valence-corrected chi connectivity index (χ4v) is 5.66. The molecule has 1 unspecified atom stereocenters. The Morgan fingerprint density at radius 2 is 1.54 bits per heavy atom. The van der Waals surface area contributed by atoms with Gasteiger partial charge in [0.2, 0.25) is 11.8 Å². The van der Waals surface area contributed by atoms with Crippen molar-refractivity contribution in [1.29, 1.82) is 0 Å². The molecule has 0 heterocycles. The molecule has 0 fully saturated rings. The molecule has 1 atom stereocenters. The van der Waals surface area contributed by atoms with Crippen LogP contribution in [-0.2, 0) is 26.0 Å². The highest BCUT2D eigenvalue weighted by molar-refractivity contribution is 7.92. The Bertz CT molecular complexity index is 1340. The molecule has 0 spiro atoms. The molecule has 2 amide bonds.